The molecular weight excluding hydrogens is 278 g/mol. The molecule has 2 aromatic rings. The van der Waals surface area contributed by atoms with E-state index in [2.05, 4.69) is 60.6 Å². The van der Waals surface area contributed by atoms with Crippen LogP contribution in [-0.2, 0) is 12.0 Å². The molecule has 2 heterocycles. The van der Waals surface area contributed by atoms with Gasteiger partial charge in [0.05, 0.1) is 6.20 Å². The van der Waals surface area contributed by atoms with E-state index in [0.717, 1.165) is 6.54 Å². The molecule has 0 saturated carbocycles. The van der Waals surface area contributed by atoms with E-state index in [1.165, 1.54) is 33.9 Å². The van der Waals surface area contributed by atoms with Crippen LogP contribution in [0.15, 0.2) is 35.4 Å². The van der Waals surface area contributed by atoms with E-state index in [-0.39, 0.29) is 5.41 Å². The van der Waals surface area contributed by atoms with E-state index in [4.69, 9.17) is 0 Å². The minimum Gasteiger partial charge on any atom is -0.306 e. The van der Waals surface area contributed by atoms with E-state index in [1.54, 1.807) is 0 Å². The molecule has 2 N–H and O–H groups in total. The van der Waals surface area contributed by atoms with Gasteiger partial charge in [0, 0.05) is 34.2 Å². The second-order valence-electron chi connectivity index (χ2n) is 6.63. The molecule has 3 rings (SSSR count). The van der Waals surface area contributed by atoms with Gasteiger partial charge in [0.1, 0.15) is 0 Å². The lowest BCUT2D eigenvalue weighted by molar-refractivity contribution is 0.498. The van der Waals surface area contributed by atoms with Crippen LogP contribution in [0.2, 0.25) is 0 Å². The fourth-order valence-electron chi connectivity index (χ4n) is 2.88. The summed E-state index contributed by atoms with van der Waals surface area (Å²) in [6, 6.07) is 9.19. The highest BCUT2D eigenvalue weighted by Gasteiger charge is 2.23. The van der Waals surface area contributed by atoms with Gasteiger partial charge in [0.25, 0.3) is 0 Å². The van der Waals surface area contributed by atoms with Gasteiger partial charge in [-0.05, 0) is 23.8 Å². The summed E-state index contributed by atoms with van der Waals surface area (Å²) in [7, 11) is 0. The minimum absolute atomic E-state index is 0.105. The van der Waals surface area contributed by atoms with Crippen molar-refractivity contribution >= 4 is 11.8 Å². The molecule has 0 unspecified atom stereocenters. The summed E-state index contributed by atoms with van der Waals surface area (Å²) < 4.78 is 0. The van der Waals surface area contributed by atoms with E-state index >= 15 is 0 Å². The van der Waals surface area contributed by atoms with Gasteiger partial charge in [-0.3, -0.25) is 5.10 Å². The molecule has 1 aromatic carbocycles. The quantitative estimate of drug-likeness (QED) is 0.899. The van der Waals surface area contributed by atoms with E-state index in [0.29, 0.717) is 6.04 Å². The van der Waals surface area contributed by atoms with E-state index in [9.17, 15) is 0 Å². The Labute approximate surface area is 130 Å². The molecule has 0 radical (unpaired) electrons. The molecule has 0 amide bonds. The first-order valence-corrected chi connectivity index (χ1v) is 8.52. The first-order chi connectivity index (χ1) is 10.1. The largest absolute Gasteiger partial charge is 0.306 e. The van der Waals surface area contributed by atoms with Crippen LogP contribution in [0.1, 0.15) is 50.1 Å². The van der Waals surface area contributed by atoms with E-state index < -0.39 is 0 Å². The molecule has 112 valence electrons. The first kappa shape index (κ1) is 14.7. The lowest BCUT2D eigenvalue weighted by atomic mass is 9.89. The second kappa shape index (κ2) is 5.85. The number of fused-ring (bicyclic) bond motifs is 1. The SMILES string of the molecule is CC(C)(C)c1[nH]ncc1CN[C@H]1CCSc2ccccc21. The lowest BCUT2D eigenvalue weighted by Crippen LogP contribution is -2.25. The first-order valence-electron chi connectivity index (χ1n) is 7.53. The number of nitrogens with one attached hydrogen (secondary N) is 2. The van der Waals surface area contributed by atoms with Crippen LogP contribution < -0.4 is 5.32 Å². The molecule has 0 aliphatic carbocycles. The number of aromatic nitrogens is 2. The van der Waals surface area contributed by atoms with Crippen molar-refractivity contribution in [1.82, 2.24) is 15.5 Å². The van der Waals surface area contributed by atoms with Gasteiger partial charge < -0.3 is 5.32 Å². The van der Waals surface area contributed by atoms with Gasteiger partial charge in [-0.25, -0.2) is 0 Å². The third kappa shape index (κ3) is 3.16. The summed E-state index contributed by atoms with van der Waals surface area (Å²) in [4.78, 5) is 1.42. The number of H-pyrrole nitrogens is 1. The number of hydrogen-bond donors (Lipinski definition) is 2. The summed E-state index contributed by atoms with van der Waals surface area (Å²) in [6.07, 6.45) is 3.14. The Kier molecular flexibility index (Phi) is 4.09. The molecule has 1 atom stereocenters. The standard InChI is InChI=1S/C17H23N3S/c1-17(2,3)16-12(11-19-20-16)10-18-14-8-9-21-15-7-5-4-6-13(14)15/h4-7,11,14,18H,8-10H2,1-3H3,(H,19,20)/t14-/m0/s1. The van der Waals surface area contributed by atoms with Gasteiger partial charge in [0.2, 0.25) is 0 Å². The molecular formula is C17H23N3S. The second-order valence-corrected chi connectivity index (χ2v) is 7.77. The molecule has 0 saturated heterocycles. The van der Waals surface area contributed by atoms with Crippen molar-refractivity contribution in [1.29, 1.82) is 0 Å². The van der Waals surface area contributed by atoms with Crippen molar-refractivity contribution in [3.8, 4) is 0 Å². The smallest absolute Gasteiger partial charge is 0.0535 e. The Bertz CT molecular complexity index is 612. The monoisotopic (exact) mass is 301 g/mol. The summed E-state index contributed by atoms with van der Waals surface area (Å²) in [6.45, 7) is 7.52. The highest BCUT2D eigenvalue weighted by Crippen LogP contribution is 2.36. The van der Waals surface area contributed by atoms with Crippen LogP contribution in [0.4, 0.5) is 0 Å². The summed E-state index contributed by atoms with van der Waals surface area (Å²) in [5, 5.41) is 11.1. The highest BCUT2D eigenvalue weighted by molar-refractivity contribution is 7.99. The van der Waals surface area contributed by atoms with Crippen LogP contribution in [0.25, 0.3) is 0 Å². The number of hydrogen-bond acceptors (Lipinski definition) is 3. The Morgan fingerprint density at radius 3 is 2.95 bits per heavy atom. The maximum Gasteiger partial charge on any atom is 0.0535 e. The fraction of sp³-hybridized carbons (Fsp3) is 0.471. The Morgan fingerprint density at radius 2 is 2.14 bits per heavy atom. The summed E-state index contributed by atoms with van der Waals surface area (Å²) in [5.74, 6) is 1.19. The van der Waals surface area contributed by atoms with Crippen LogP contribution >= 0.6 is 11.8 Å². The van der Waals surface area contributed by atoms with Crippen LogP contribution in [0.5, 0.6) is 0 Å². The predicted molar refractivity (Wildman–Crippen MR) is 88.7 cm³/mol. The van der Waals surface area contributed by atoms with Gasteiger partial charge in [-0.15, -0.1) is 11.8 Å². The number of benzene rings is 1. The molecule has 1 aliphatic heterocycles. The summed E-state index contributed by atoms with van der Waals surface area (Å²) >= 11 is 1.96. The number of nitrogens with zero attached hydrogens (tertiary/aromatic N) is 1. The van der Waals surface area contributed by atoms with Gasteiger partial charge in [0.15, 0.2) is 0 Å². The predicted octanol–water partition coefficient (Wildman–Crippen LogP) is 4.03. The third-order valence-electron chi connectivity index (χ3n) is 3.97. The molecule has 4 heteroatoms. The lowest BCUT2D eigenvalue weighted by Gasteiger charge is -2.26. The Morgan fingerprint density at radius 1 is 1.33 bits per heavy atom. The fourth-order valence-corrected chi connectivity index (χ4v) is 4.01. The van der Waals surface area contributed by atoms with Crippen molar-refractivity contribution in [2.24, 2.45) is 0 Å². The van der Waals surface area contributed by atoms with Crippen molar-refractivity contribution < 1.29 is 0 Å². The molecule has 1 aliphatic rings. The van der Waals surface area contributed by atoms with Crippen LogP contribution in [-0.4, -0.2) is 16.0 Å². The zero-order valence-corrected chi connectivity index (χ0v) is 13.8. The van der Waals surface area contributed by atoms with Gasteiger partial charge in [-0.2, -0.15) is 5.10 Å². The molecule has 0 fully saturated rings. The molecule has 0 spiro atoms. The molecule has 1 aromatic heterocycles. The molecule has 0 bridgehead atoms. The maximum absolute atomic E-state index is 4.23. The maximum atomic E-state index is 4.23. The zero-order chi connectivity index (χ0) is 14.9. The van der Waals surface area contributed by atoms with Gasteiger partial charge in [-0.1, -0.05) is 39.0 Å². The minimum atomic E-state index is 0.105. The zero-order valence-electron chi connectivity index (χ0n) is 12.9. The number of thioether (sulfide) groups is 1. The molecule has 21 heavy (non-hydrogen) atoms. The van der Waals surface area contributed by atoms with Crippen LogP contribution in [0.3, 0.4) is 0 Å². The average Bonchev–Trinajstić information content (AvgIpc) is 2.93. The topological polar surface area (TPSA) is 40.7 Å². The van der Waals surface area contributed by atoms with Crippen LogP contribution in [0, 0.1) is 0 Å². The van der Waals surface area contributed by atoms with Crippen molar-refractivity contribution in [2.45, 2.75) is 50.1 Å². The van der Waals surface area contributed by atoms with Gasteiger partial charge >= 0.3 is 0 Å². The Hall–Kier alpha value is -1.26. The Balaban J connectivity index is 1.74. The van der Waals surface area contributed by atoms with Crippen molar-refractivity contribution in [3.63, 3.8) is 0 Å². The summed E-state index contributed by atoms with van der Waals surface area (Å²) in [5.41, 5.74) is 4.05. The van der Waals surface area contributed by atoms with Crippen molar-refractivity contribution in [2.75, 3.05) is 5.75 Å². The van der Waals surface area contributed by atoms with Crippen molar-refractivity contribution in [3.05, 3.63) is 47.3 Å². The highest BCUT2D eigenvalue weighted by atomic mass is 32.2. The number of rotatable bonds is 3. The van der Waals surface area contributed by atoms with E-state index in [1.807, 2.05) is 18.0 Å². The molecule has 3 nitrogen and oxygen atoms in total. The average molecular weight is 301 g/mol. The third-order valence-corrected chi connectivity index (χ3v) is 5.09. The number of aromatic amines is 1. The normalized spacial score (nSPS) is 18.5.